The highest BCUT2D eigenvalue weighted by molar-refractivity contribution is 7.90. The highest BCUT2D eigenvalue weighted by Gasteiger charge is 2.32. The number of H-pyrrole nitrogens is 1. The lowest BCUT2D eigenvalue weighted by molar-refractivity contribution is 0.0509. The Morgan fingerprint density at radius 3 is 2.38 bits per heavy atom. The van der Waals surface area contributed by atoms with Crippen molar-refractivity contribution in [2.75, 3.05) is 18.5 Å². The molecular weight excluding hydrogens is 684 g/mol. The largest absolute Gasteiger partial charge is 0.461 e. The molecular formula is C34H31ClN8O6S. The fraction of sp³-hybridized carbons (Fsp3) is 0.206. The number of ether oxygens (including phenoxy) is 2. The van der Waals surface area contributed by atoms with Gasteiger partial charge in [-0.1, -0.05) is 35.9 Å². The van der Waals surface area contributed by atoms with Crippen LogP contribution in [0.4, 0.5) is 11.5 Å². The molecule has 0 radical (unpaired) electrons. The number of hydrogen-bond donors (Lipinski definition) is 2. The number of aliphatic imine (C=N–C) groups is 1. The Balaban J connectivity index is 0.000000173. The second-order valence-electron chi connectivity index (χ2n) is 10.9. The number of nitrogens with one attached hydrogen (secondary N) is 2. The van der Waals surface area contributed by atoms with E-state index in [0.717, 1.165) is 39.0 Å². The lowest BCUT2D eigenvalue weighted by Gasteiger charge is -2.11. The molecule has 50 heavy (non-hydrogen) atoms. The summed E-state index contributed by atoms with van der Waals surface area (Å²) in [4.78, 5) is 48.4. The van der Waals surface area contributed by atoms with E-state index in [1.165, 1.54) is 24.0 Å². The number of halogens is 1. The third-order valence-corrected chi connectivity index (χ3v) is 9.87. The quantitative estimate of drug-likeness (QED) is 0.141. The van der Waals surface area contributed by atoms with E-state index >= 15 is 0 Å². The van der Waals surface area contributed by atoms with E-state index in [1.54, 1.807) is 39.0 Å². The summed E-state index contributed by atoms with van der Waals surface area (Å²) in [5.74, 6) is -0.518. The number of carbonyl (C=O) groups is 2. The van der Waals surface area contributed by atoms with E-state index in [0.29, 0.717) is 34.7 Å². The molecule has 6 aromatic rings. The Morgan fingerprint density at radius 2 is 1.64 bits per heavy atom. The zero-order valence-corrected chi connectivity index (χ0v) is 29.0. The smallest absolute Gasteiger partial charge is 0.356 e. The summed E-state index contributed by atoms with van der Waals surface area (Å²) in [5, 5.41) is 4.46. The fourth-order valence-electron chi connectivity index (χ4n) is 5.57. The second kappa shape index (κ2) is 14.1. The summed E-state index contributed by atoms with van der Waals surface area (Å²) in [6.07, 6.45) is 4.48. The van der Waals surface area contributed by atoms with Crippen molar-refractivity contribution in [3.63, 3.8) is 0 Å². The molecule has 0 atom stereocenters. The van der Waals surface area contributed by atoms with Crippen LogP contribution >= 0.6 is 11.6 Å². The molecule has 1 aliphatic rings. The van der Waals surface area contributed by atoms with Crippen LogP contribution < -0.4 is 5.32 Å². The Morgan fingerprint density at radius 1 is 0.920 bits per heavy atom. The lowest BCUT2D eigenvalue weighted by Crippen LogP contribution is -2.21. The number of aromatic amines is 1. The third kappa shape index (κ3) is 6.28. The summed E-state index contributed by atoms with van der Waals surface area (Å²) >= 11 is 6.11. The third-order valence-electron chi connectivity index (χ3n) is 7.88. The van der Waals surface area contributed by atoms with Gasteiger partial charge in [0.15, 0.2) is 5.65 Å². The monoisotopic (exact) mass is 714 g/mol. The summed E-state index contributed by atoms with van der Waals surface area (Å²) in [5.41, 5.74) is 5.23. The standard InChI is InChI=1S/C18H17N5O2.C16H14ClN3O4S/c1-3-25-18(24)15-10(2)14-16(20-9-21-17(14)23-15)22-13-5-4-11-7-19-8-12(11)6-13;1-3-24-16(21)13-10(2)12-14(17)18-9-19-15(12)20(13)25(22,23)11-7-5-4-6-8-11/h4-6,8-9H,3,7H2,1-2H3,(H2,20,21,22,23);4-9H,3H2,1-2H3. The first-order valence-corrected chi connectivity index (χ1v) is 17.3. The summed E-state index contributed by atoms with van der Waals surface area (Å²) in [6.45, 7) is 8.01. The number of rotatable bonds is 8. The van der Waals surface area contributed by atoms with Crippen LogP contribution in [0.25, 0.3) is 22.1 Å². The van der Waals surface area contributed by atoms with Crippen LogP contribution in [0.3, 0.4) is 0 Å². The maximum atomic E-state index is 13.2. The molecule has 0 amide bonds. The molecule has 2 aromatic carbocycles. The highest BCUT2D eigenvalue weighted by Crippen LogP contribution is 2.33. The van der Waals surface area contributed by atoms with E-state index in [4.69, 9.17) is 21.1 Å². The zero-order chi connectivity index (χ0) is 35.6. The van der Waals surface area contributed by atoms with E-state index in [-0.39, 0.29) is 28.0 Å². The first kappa shape index (κ1) is 34.2. The molecule has 5 heterocycles. The Hall–Kier alpha value is -5.67. The normalized spacial score (nSPS) is 12.0. The molecule has 0 saturated heterocycles. The van der Waals surface area contributed by atoms with Gasteiger partial charge in [0.2, 0.25) is 0 Å². The number of aromatic nitrogens is 6. The molecule has 1 aliphatic heterocycles. The number of hydrogen-bond acceptors (Lipinski definition) is 12. The molecule has 14 nitrogen and oxygen atoms in total. The molecule has 16 heteroatoms. The van der Waals surface area contributed by atoms with Crippen molar-refractivity contribution in [2.45, 2.75) is 39.1 Å². The highest BCUT2D eigenvalue weighted by atomic mass is 35.5. The number of nitrogens with zero attached hydrogens (tertiary/aromatic N) is 6. The molecule has 256 valence electrons. The van der Waals surface area contributed by atoms with Crippen LogP contribution in [0, 0.1) is 13.8 Å². The van der Waals surface area contributed by atoms with Gasteiger partial charge in [-0.15, -0.1) is 0 Å². The SMILES string of the molecule is CCOC(=O)c1[nH]c2ncnc(Nc3ccc4c(c3)C=NC4)c2c1C.CCOC(=O)c1c(C)c2c(Cl)ncnc2n1S(=O)(=O)c1ccccc1. The number of aryl methyl sites for hydroxylation is 2. The van der Waals surface area contributed by atoms with Crippen molar-refractivity contribution >= 4 is 73.3 Å². The van der Waals surface area contributed by atoms with Gasteiger partial charge in [-0.25, -0.2) is 41.9 Å². The van der Waals surface area contributed by atoms with Crippen molar-refractivity contribution < 1.29 is 27.5 Å². The van der Waals surface area contributed by atoms with E-state index in [1.807, 2.05) is 25.3 Å². The van der Waals surface area contributed by atoms with Gasteiger partial charge in [-0.05, 0) is 74.2 Å². The van der Waals surface area contributed by atoms with E-state index in [9.17, 15) is 18.0 Å². The topological polar surface area (TPSA) is 183 Å². The van der Waals surface area contributed by atoms with Crippen molar-refractivity contribution in [1.82, 2.24) is 28.9 Å². The maximum absolute atomic E-state index is 13.2. The average molecular weight is 715 g/mol. The van der Waals surface area contributed by atoms with Crippen LogP contribution in [0.5, 0.6) is 0 Å². The van der Waals surface area contributed by atoms with Crippen molar-refractivity contribution in [3.05, 3.63) is 100.0 Å². The van der Waals surface area contributed by atoms with Crippen LogP contribution in [0.1, 0.15) is 57.1 Å². The number of benzene rings is 2. The minimum absolute atomic E-state index is 0.0205. The molecule has 0 unspecified atom stereocenters. The molecule has 0 aliphatic carbocycles. The van der Waals surface area contributed by atoms with Gasteiger partial charge in [-0.3, -0.25) is 4.99 Å². The van der Waals surface area contributed by atoms with Gasteiger partial charge in [0.25, 0.3) is 10.0 Å². The van der Waals surface area contributed by atoms with Crippen LogP contribution in [0.2, 0.25) is 5.15 Å². The predicted molar refractivity (Wildman–Crippen MR) is 188 cm³/mol. The number of anilines is 2. The van der Waals surface area contributed by atoms with Crippen LogP contribution in [-0.2, 0) is 26.0 Å². The molecule has 2 N–H and O–H groups in total. The second-order valence-corrected chi connectivity index (χ2v) is 13.1. The maximum Gasteiger partial charge on any atom is 0.356 e. The Bertz CT molecular complexity index is 2410. The Kier molecular flexibility index (Phi) is 9.61. The van der Waals surface area contributed by atoms with Crippen LogP contribution in [-0.4, -0.2) is 68.7 Å². The van der Waals surface area contributed by atoms with E-state index in [2.05, 4.69) is 41.3 Å². The number of esters is 2. The summed E-state index contributed by atoms with van der Waals surface area (Å²) in [6, 6.07) is 13.8. The average Bonchev–Trinajstić information content (AvgIpc) is 3.80. The first-order valence-electron chi connectivity index (χ1n) is 15.5. The summed E-state index contributed by atoms with van der Waals surface area (Å²) in [7, 11) is -4.09. The first-order chi connectivity index (χ1) is 24.1. The van der Waals surface area contributed by atoms with E-state index < -0.39 is 22.0 Å². The number of carbonyl (C=O) groups excluding carboxylic acids is 2. The van der Waals surface area contributed by atoms with Crippen LogP contribution in [0.15, 0.2) is 71.1 Å². The minimum atomic E-state index is -4.09. The van der Waals surface area contributed by atoms with Gasteiger partial charge < -0.3 is 19.8 Å². The molecule has 0 spiro atoms. The predicted octanol–water partition coefficient (Wildman–Crippen LogP) is 5.93. The van der Waals surface area contributed by atoms with Crippen molar-refractivity contribution in [2.24, 2.45) is 4.99 Å². The summed E-state index contributed by atoms with van der Waals surface area (Å²) < 4.78 is 37.3. The molecule has 0 bridgehead atoms. The van der Waals surface area contributed by atoms with Gasteiger partial charge >= 0.3 is 11.9 Å². The van der Waals surface area contributed by atoms with Crippen molar-refractivity contribution in [3.8, 4) is 0 Å². The fourth-order valence-corrected chi connectivity index (χ4v) is 7.37. The molecule has 4 aromatic heterocycles. The minimum Gasteiger partial charge on any atom is -0.461 e. The molecule has 0 saturated carbocycles. The zero-order valence-electron chi connectivity index (χ0n) is 27.4. The van der Waals surface area contributed by atoms with Gasteiger partial charge in [0.1, 0.15) is 40.7 Å². The van der Waals surface area contributed by atoms with Gasteiger partial charge in [0.05, 0.1) is 35.4 Å². The Labute approximate surface area is 291 Å². The van der Waals surface area contributed by atoms with Gasteiger partial charge in [0, 0.05) is 11.9 Å². The van der Waals surface area contributed by atoms with Gasteiger partial charge in [-0.2, -0.15) is 0 Å². The molecule has 0 fully saturated rings. The lowest BCUT2D eigenvalue weighted by atomic mass is 10.1. The van der Waals surface area contributed by atoms with Crippen molar-refractivity contribution in [1.29, 1.82) is 0 Å². The molecule has 7 rings (SSSR count). The number of fused-ring (bicyclic) bond motifs is 3.